The number of rotatable bonds is 13. The Balaban J connectivity index is 2.25. The highest BCUT2D eigenvalue weighted by Crippen LogP contribution is 2.31. The first-order valence-corrected chi connectivity index (χ1v) is 14.6. The summed E-state index contributed by atoms with van der Waals surface area (Å²) in [7, 11) is 1.65. The third-order valence-electron chi connectivity index (χ3n) is 6.46. The Morgan fingerprint density at radius 2 is 1.71 bits per heavy atom. The normalized spacial score (nSPS) is 14.5. The average molecular weight is 590 g/mol. The molecule has 1 heterocycles. The van der Waals surface area contributed by atoms with Crippen LogP contribution in [0, 0.1) is 11.8 Å². The molecular weight excluding hydrogens is 546 g/mol. The van der Waals surface area contributed by atoms with E-state index >= 15 is 0 Å². The van der Waals surface area contributed by atoms with Gasteiger partial charge in [0.15, 0.2) is 6.10 Å². The SMILES string of the molecule is CC(=O)O[C@@H](C[C@H](C(C)C)N(C)C(=O)OC(C)(C)C)c1nc(C(=O)NC(Cc2ccccc2)CC(C)C(=O)O)cs1. The van der Waals surface area contributed by atoms with Crippen LogP contribution in [0.25, 0.3) is 0 Å². The zero-order chi connectivity index (χ0) is 30.9. The second-order valence-electron chi connectivity index (χ2n) is 11.6. The van der Waals surface area contributed by atoms with Gasteiger partial charge >= 0.3 is 18.0 Å². The predicted octanol–water partition coefficient (Wildman–Crippen LogP) is 5.48. The van der Waals surface area contributed by atoms with Crippen LogP contribution in [0.2, 0.25) is 0 Å². The van der Waals surface area contributed by atoms with Crippen molar-refractivity contribution in [1.29, 1.82) is 0 Å². The van der Waals surface area contributed by atoms with Gasteiger partial charge in [-0.2, -0.15) is 0 Å². The monoisotopic (exact) mass is 589 g/mol. The van der Waals surface area contributed by atoms with E-state index in [1.165, 1.54) is 23.2 Å². The minimum atomic E-state index is -0.937. The second kappa shape index (κ2) is 15.0. The molecule has 0 aliphatic heterocycles. The van der Waals surface area contributed by atoms with E-state index in [4.69, 9.17) is 9.47 Å². The smallest absolute Gasteiger partial charge is 0.410 e. The fourth-order valence-corrected chi connectivity index (χ4v) is 5.22. The molecule has 2 N–H and O–H groups in total. The molecule has 2 rings (SSSR count). The molecule has 2 unspecified atom stereocenters. The first-order valence-electron chi connectivity index (χ1n) is 13.7. The number of amides is 2. The number of carboxylic acids is 1. The molecule has 2 amide bonds. The maximum absolute atomic E-state index is 13.2. The van der Waals surface area contributed by atoms with Gasteiger partial charge in [0, 0.05) is 37.9 Å². The molecule has 0 saturated heterocycles. The Labute approximate surface area is 246 Å². The fraction of sp³-hybridized carbons (Fsp3) is 0.567. The van der Waals surface area contributed by atoms with E-state index in [1.807, 2.05) is 44.2 Å². The highest BCUT2D eigenvalue weighted by molar-refractivity contribution is 7.09. The molecule has 41 heavy (non-hydrogen) atoms. The molecule has 0 fully saturated rings. The Morgan fingerprint density at radius 1 is 1.07 bits per heavy atom. The van der Waals surface area contributed by atoms with Gasteiger partial charge in [-0.05, 0) is 45.1 Å². The number of aliphatic carboxylic acids is 1. The first-order chi connectivity index (χ1) is 19.1. The third kappa shape index (κ3) is 11.1. The first kappa shape index (κ1) is 33.7. The van der Waals surface area contributed by atoms with Crippen LogP contribution in [-0.4, -0.2) is 63.7 Å². The molecule has 0 radical (unpaired) electrons. The number of carboxylic acid groups (broad SMARTS) is 1. The van der Waals surface area contributed by atoms with Crippen LogP contribution in [0.3, 0.4) is 0 Å². The van der Waals surface area contributed by atoms with E-state index < -0.39 is 47.6 Å². The van der Waals surface area contributed by atoms with Crippen molar-refractivity contribution in [2.75, 3.05) is 7.05 Å². The minimum absolute atomic E-state index is 0.00303. The van der Waals surface area contributed by atoms with Gasteiger partial charge in [0.05, 0.1) is 5.92 Å². The summed E-state index contributed by atoms with van der Waals surface area (Å²) in [5.74, 6) is -2.54. The molecule has 226 valence electrons. The predicted molar refractivity (Wildman–Crippen MR) is 157 cm³/mol. The van der Waals surface area contributed by atoms with Crippen LogP contribution in [-0.2, 0) is 25.5 Å². The maximum Gasteiger partial charge on any atom is 0.410 e. The van der Waals surface area contributed by atoms with E-state index in [-0.39, 0.29) is 30.5 Å². The van der Waals surface area contributed by atoms with Gasteiger partial charge in [-0.25, -0.2) is 9.78 Å². The Morgan fingerprint density at radius 3 is 2.24 bits per heavy atom. The summed E-state index contributed by atoms with van der Waals surface area (Å²) in [6.45, 7) is 12.2. The fourth-order valence-electron chi connectivity index (χ4n) is 4.38. The van der Waals surface area contributed by atoms with E-state index in [0.717, 1.165) is 5.56 Å². The number of aromatic nitrogens is 1. The molecule has 1 aromatic heterocycles. The van der Waals surface area contributed by atoms with Gasteiger partial charge < -0.3 is 24.8 Å². The summed E-state index contributed by atoms with van der Waals surface area (Å²) in [6, 6.07) is 8.75. The molecule has 11 heteroatoms. The molecule has 1 aromatic carbocycles. The number of nitrogens with one attached hydrogen (secondary N) is 1. The number of benzene rings is 1. The van der Waals surface area contributed by atoms with Gasteiger partial charge in [-0.1, -0.05) is 51.1 Å². The van der Waals surface area contributed by atoms with Gasteiger partial charge in [0.1, 0.15) is 16.3 Å². The van der Waals surface area contributed by atoms with Crippen LogP contribution >= 0.6 is 11.3 Å². The standard InChI is InChI=1S/C30H43N3O7S/c1-18(2)24(33(8)29(38)40-30(5,6)7)16-25(39-20(4)34)27-32-23(17-41-27)26(35)31-22(14-19(3)28(36)37)15-21-12-10-9-11-13-21/h9-13,17-19,22,24-25H,14-16H2,1-8H3,(H,31,35)(H,36,37)/t19?,22?,24-,25+/m1/s1. The van der Waals surface area contributed by atoms with Crippen molar-refractivity contribution in [1.82, 2.24) is 15.2 Å². The minimum Gasteiger partial charge on any atom is -0.481 e. The lowest BCUT2D eigenvalue weighted by Crippen LogP contribution is -2.44. The lowest BCUT2D eigenvalue weighted by Gasteiger charge is -2.34. The van der Waals surface area contributed by atoms with Gasteiger partial charge in [0.2, 0.25) is 0 Å². The lowest BCUT2D eigenvalue weighted by atomic mass is 9.96. The van der Waals surface area contributed by atoms with Crippen molar-refractivity contribution in [2.45, 2.75) is 91.5 Å². The number of carbonyl (C=O) groups excluding carboxylic acids is 3. The number of nitrogens with zero attached hydrogens (tertiary/aromatic N) is 2. The van der Waals surface area contributed by atoms with Crippen molar-refractivity contribution < 1.29 is 33.8 Å². The molecule has 2 aromatic rings. The van der Waals surface area contributed by atoms with Gasteiger partial charge in [-0.15, -0.1) is 11.3 Å². The summed E-state index contributed by atoms with van der Waals surface area (Å²) < 4.78 is 11.1. The van der Waals surface area contributed by atoms with E-state index in [0.29, 0.717) is 11.4 Å². The summed E-state index contributed by atoms with van der Waals surface area (Å²) >= 11 is 1.18. The molecule has 0 saturated carbocycles. The van der Waals surface area contributed by atoms with Crippen molar-refractivity contribution in [3.63, 3.8) is 0 Å². The zero-order valence-corrected chi connectivity index (χ0v) is 26.0. The quantitative estimate of drug-likeness (QED) is 0.293. The van der Waals surface area contributed by atoms with Crippen molar-refractivity contribution in [3.8, 4) is 0 Å². The Kier molecular flexibility index (Phi) is 12.3. The number of ether oxygens (including phenoxy) is 2. The van der Waals surface area contributed by atoms with Crippen LogP contribution in [0.15, 0.2) is 35.7 Å². The molecular formula is C30H43N3O7S. The molecule has 0 aliphatic carbocycles. The zero-order valence-electron chi connectivity index (χ0n) is 25.2. The molecule has 0 aliphatic rings. The van der Waals surface area contributed by atoms with Crippen LogP contribution in [0.4, 0.5) is 4.79 Å². The van der Waals surface area contributed by atoms with E-state index in [2.05, 4.69) is 10.3 Å². The second-order valence-corrected chi connectivity index (χ2v) is 12.5. The highest BCUT2D eigenvalue weighted by Gasteiger charge is 2.33. The number of hydrogen-bond donors (Lipinski definition) is 2. The maximum atomic E-state index is 13.2. The number of thiazole rings is 1. The number of carbonyl (C=O) groups is 4. The van der Waals surface area contributed by atoms with Gasteiger partial charge in [-0.3, -0.25) is 14.4 Å². The van der Waals surface area contributed by atoms with E-state index in [1.54, 1.807) is 40.1 Å². The number of hydrogen-bond acceptors (Lipinski definition) is 8. The van der Waals surface area contributed by atoms with Crippen LogP contribution < -0.4 is 5.32 Å². The summed E-state index contributed by atoms with van der Waals surface area (Å²) in [4.78, 5) is 55.5. The molecule has 10 nitrogen and oxygen atoms in total. The average Bonchev–Trinajstić information content (AvgIpc) is 3.35. The number of esters is 1. The Bertz CT molecular complexity index is 1180. The van der Waals surface area contributed by atoms with Crippen LogP contribution in [0.1, 0.15) is 88.5 Å². The molecule has 4 atom stereocenters. The van der Waals surface area contributed by atoms with Gasteiger partial charge in [0.25, 0.3) is 5.91 Å². The molecule has 0 bridgehead atoms. The van der Waals surface area contributed by atoms with E-state index in [9.17, 15) is 24.3 Å². The molecule has 0 spiro atoms. The lowest BCUT2D eigenvalue weighted by molar-refractivity contribution is -0.148. The van der Waals surface area contributed by atoms with Crippen molar-refractivity contribution in [3.05, 3.63) is 52.0 Å². The highest BCUT2D eigenvalue weighted by atomic mass is 32.1. The largest absolute Gasteiger partial charge is 0.481 e. The summed E-state index contributed by atoms with van der Waals surface area (Å²) in [5, 5.41) is 14.4. The van der Waals surface area contributed by atoms with Crippen LogP contribution in [0.5, 0.6) is 0 Å². The van der Waals surface area contributed by atoms with Crippen molar-refractivity contribution >= 4 is 35.3 Å². The topological polar surface area (TPSA) is 135 Å². The summed E-state index contributed by atoms with van der Waals surface area (Å²) in [5.41, 5.74) is 0.447. The Hall–Kier alpha value is -3.47. The third-order valence-corrected chi connectivity index (χ3v) is 7.40. The van der Waals surface area contributed by atoms with Crippen molar-refractivity contribution in [2.24, 2.45) is 11.8 Å². The summed E-state index contributed by atoms with van der Waals surface area (Å²) in [6.07, 6.45) is -0.310.